The monoisotopic (exact) mass is 968 g/mol. The summed E-state index contributed by atoms with van der Waals surface area (Å²) in [6, 6.07) is 21.5. The largest absolute Gasteiger partial charge is 0.493 e. The van der Waals surface area contributed by atoms with Crippen molar-refractivity contribution in [1.29, 1.82) is 0 Å². The molecule has 0 aromatic heterocycles. The van der Waals surface area contributed by atoms with Gasteiger partial charge in [-0.2, -0.15) is 0 Å². The first kappa shape index (κ1) is 50.2. The Morgan fingerprint density at radius 1 is 0.708 bits per heavy atom. The maximum absolute atomic E-state index is 13.3. The van der Waals surface area contributed by atoms with Crippen LogP contribution in [0, 0.1) is 0 Å². The van der Waals surface area contributed by atoms with Gasteiger partial charge in [-0.1, -0.05) is 77.5 Å². The van der Waals surface area contributed by atoms with Gasteiger partial charge in [0.1, 0.15) is 13.2 Å². The van der Waals surface area contributed by atoms with E-state index in [0.29, 0.717) is 81.3 Å². The van der Waals surface area contributed by atoms with Gasteiger partial charge in [0.15, 0.2) is 23.0 Å². The van der Waals surface area contributed by atoms with Gasteiger partial charge >= 0.3 is 0 Å². The van der Waals surface area contributed by atoms with Crippen LogP contribution in [0.15, 0.2) is 85.1 Å². The van der Waals surface area contributed by atoms with Gasteiger partial charge in [0.25, 0.3) is 0 Å². The van der Waals surface area contributed by atoms with Crippen molar-refractivity contribution in [2.45, 2.75) is 69.6 Å². The SMILES string of the molecule is COc1ccc(N2C=CCC(c3ccc(Cl)c(Cl)c3)C2=O)cc1OCCN1CCCCC1.COc1ccc(NC(=O)C(CCCO)c2ccc(Cl)c(Cl)c2)cc1OCCN1CCCCC1. The Balaban J connectivity index is 0.000000215. The Morgan fingerprint density at radius 3 is 1.88 bits per heavy atom. The molecule has 4 aromatic carbocycles. The summed E-state index contributed by atoms with van der Waals surface area (Å²) >= 11 is 24.4. The van der Waals surface area contributed by atoms with E-state index in [1.165, 1.54) is 38.5 Å². The van der Waals surface area contributed by atoms with Crippen LogP contribution in [-0.4, -0.2) is 100 Å². The molecule has 0 radical (unpaired) electrons. The van der Waals surface area contributed by atoms with Gasteiger partial charge in [0.05, 0.1) is 51.8 Å². The molecule has 11 nitrogen and oxygen atoms in total. The molecule has 2 amide bonds. The number of halogens is 4. The number of hydrogen-bond donors (Lipinski definition) is 2. The number of carbonyl (C=O) groups is 2. The van der Waals surface area contributed by atoms with E-state index < -0.39 is 5.92 Å². The van der Waals surface area contributed by atoms with E-state index in [9.17, 15) is 14.7 Å². The third-order valence-electron chi connectivity index (χ3n) is 11.9. The Kier molecular flexibility index (Phi) is 19.8. The zero-order valence-corrected chi connectivity index (χ0v) is 40.2. The number of allylic oxidation sites excluding steroid dienone is 1. The maximum atomic E-state index is 13.3. The third-order valence-corrected chi connectivity index (χ3v) is 13.4. The minimum atomic E-state index is -0.475. The lowest BCUT2D eigenvalue weighted by Gasteiger charge is -2.29. The summed E-state index contributed by atoms with van der Waals surface area (Å²) in [5, 5.41) is 14.0. The molecule has 65 heavy (non-hydrogen) atoms. The third kappa shape index (κ3) is 14.4. The molecular formula is C50H60Cl4N4O7. The van der Waals surface area contributed by atoms with Crippen molar-refractivity contribution in [3.63, 3.8) is 0 Å². The maximum Gasteiger partial charge on any atom is 0.238 e. The number of likely N-dealkylation sites (tertiary alicyclic amines) is 2. The lowest BCUT2D eigenvalue weighted by Crippen LogP contribution is -2.34. The first-order chi connectivity index (χ1) is 31.6. The normalized spacial score (nSPS) is 17.2. The van der Waals surface area contributed by atoms with Crippen molar-refractivity contribution in [1.82, 2.24) is 9.80 Å². The van der Waals surface area contributed by atoms with Crippen molar-refractivity contribution in [3.05, 3.63) is 116 Å². The number of anilines is 2. The second-order valence-corrected chi connectivity index (χ2v) is 18.0. The second kappa shape index (κ2) is 25.6. The van der Waals surface area contributed by atoms with Crippen LogP contribution >= 0.6 is 46.4 Å². The van der Waals surface area contributed by atoms with Crippen LogP contribution in [0.3, 0.4) is 0 Å². The summed E-state index contributed by atoms with van der Waals surface area (Å²) in [5.74, 6) is 1.50. The van der Waals surface area contributed by atoms with E-state index in [-0.39, 0.29) is 24.3 Å². The van der Waals surface area contributed by atoms with Crippen molar-refractivity contribution in [2.24, 2.45) is 0 Å². The predicted molar refractivity (Wildman–Crippen MR) is 262 cm³/mol. The van der Waals surface area contributed by atoms with Gasteiger partial charge in [0.2, 0.25) is 11.8 Å². The molecule has 15 heteroatoms. The molecule has 2 fully saturated rings. The van der Waals surface area contributed by atoms with Crippen LogP contribution in [-0.2, 0) is 9.59 Å². The van der Waals surface area contributed by atoms with E-state index in [1.54, 1.807) is 67.7 Å². The van der Waals surface area contributed by atoms with Gasteiger partial charge < -0.3 is 29.4 Å². The fourth-order valence-electron chi connectivity index (χ4n) is 8.30. The molecular weight excluding hydrogens is 910 g/mol. The zero-order valence-electron chi connectivity index (χ0n) is 37.2. The van der Waals surface area contributed by atoms with Gasteiger partial charge in [0, 0.05) is 43.7 Å². The van der Waals surface area contributed by atoms with Crippen molar-refractivity contribution < 1.29 is 33.6 Å². The summed E-state index contributed by atoms with van der Waals surface area (Å²) in [7, 11) is 3.22. The zero-order chi connectivity index (χ0) is 46.1. The minimum Gasteiger partial charge on any atom is -0.493 e. The Labute approximate surface area is 403 Å². The fraction of sp³-hybridized carbons (Fsp3) is 0.440. The Morgan fingerprint density at radius 2 is 1.29 bits per heavy atom. The average molecular weight is 971 g/mol. The van der Waals surface area contributed by atoms with Gasteiger partial charge in [-0.05, 0) is 131 Å². The number of nitrogens with zero attached hydrogens (tertiary/aromatic N) is 3. The second-order valence-electron chi connectivity index (χ2n) is 16.3. The number of ether oxygens (including phenoxy) is 4. The van der Waals surface area contributed by atoms with E-state index >= 15 is 0 Å². The Hall–Kier alpha value is -4.20. The van der Waals surface area contributed by atoms with Gasteiger partial charge in [-0.3, -0.25) is 24.3 Å². The highest BCUT2D eigenvalue weighted by molar-refractivity contribution is 6.42. The van der Waals surface area contributed by atoms with E-state index in [1.807, 2.05) is 36.5 Å². The van der Waals surface area contributed by atoms with Crippen LogP contribution < -0.4 is 29.2 Å². The number of aliphatic hydroxyl groups is 1. The average Bonchev–Trinajstić information content (AvgIpc) is 3.32. The molecule has 0 saturated carbocycles. The summed E-state index contributed by atoms with van der Waals surface area (Å²) < 4.78 is 23.0. The highest BCUT2D eigenvalue weighted by atomic mass is 35.5. The predicted octanol–water partition coefficient (Wildman–Crippen LogP) is 11.3. The van der Waals surface area contributed by atoms with Crippen molar-refractivity contribution in [2.75, 3.05) is 83.5 Å². The molecule has 2 N–H and O–H groups in total. The molecule has 0 spiro atoms. The van der Waals surface area contributed by atoms with Crippen LogP contribution in [0.5, 0.6) is 23.0 Å². The first-order valence-corrected chi connectivity index (χ1v) is 24.0. The van der Waals surface area contributed by atoms with Crippen LogP contribution in [0.2, 0.25) is 20.1 Å². The molecule has 3 aliphatic heterocycles. The number of carbonyl (C=O) groups excluding carboxylic acids is 2. The smallest absolute Gasteiger partial charge is 0.238 e. The number of rotatable bonds is 18. The van der Waals surface area contributed by atoms with Crippen LogP contribution in [0.4, 0.5) is 11.4 Å². The molecule has 0 bridgehead atoms. The molecule has 2 atom stereocenters. The quantitative estimate of drug-likeness (QED) is 0.101. The molecule has 4 aromatic rings. The summed E-state index contributed by atoms with van der Waals surface area (Å²) in [6.45, 7) is 7.36. The van der Waals surface area contributed by atoms with E-state index in [2.05, 4.69) is 15.1 Å². The highest BCUT2D eigenvalue weighted by Gasteiger charge is 2.29. The Bertz CT molecular complexity index is 2220. The lowest BCUT2D eigenvalue weighted by molar-refractivity contribution is -0.120. The number of nitrogens with one attached hydrogen (secondary N) is 1. The molecule has 2 saturated heterocycles. The van der Waals surface area contributed by atoms with E-state index in [0.717, 1.165) is 56.1 Å². The molecule has 0 aliphatic carbocycles. The standard InChI is InChI=1S/C25H32Cl2N2O4.C25H28Cl2N2O3/c1-32-23-10-8-19(17-24(23)33-15-13-29-11-3-2-4-12-29)28-25(31)20(6-5-14-30)18-7-9-21(26)22(27)16-18;1-31-23-10-8-19(17-24(23)32-15-14-28-11-3-2-4-12-28)29-13-5-6-20(25(29)30)18-7-9-21(26)22(27)16-18/h7-10,16-17,20,30H,2-6,11-15H2,1H3,(H,28,31);5,7-10,13,16-17,20H,2-4,6,11-12,14-15H2,1H3. The molecule has 3 heterocycles. The number of piperidine rings is 2. The molecule has 2 unspecified atom stereocenters. The number of hydrogen-bond acceptors (Lipinski definition) is 9. The summed E-state index contributed by atoms with van der Waals surface area (Å²) in [6.07, 6.45) is 13.0. The molecule has 3 aliphatic rings. The fourth-order valence-corrected chi connectivity index (χ4v) is 8.91. The number of aliphatic hydroxyl groups excluding tert-OH is 1. The van der Waals surface area contributed by atoms with E-state index in [4.69, 9.17) is 65.4 Å². The van der Waals surface area contributed by atoms with Gasteiger partial charge in [-0.15, -0.1) is 0 Å². The minimum absolute atomic E-state index is 0.00262. The van der Waals surface area contributed by atoms with Gasteiger partial charge in [-0.25, -0.2) is 0 Å². The lowest BCUT2D eigenvalue weighted by atomic mass is 9.92. The number of methoxy groups -OCH3 is 2. The summed E-state index contributed by atoms with van der Waals surface area (Å²) in [4.78, 5) is 33.0. The topological polar surface area (TPSA) is 113 Å². The molecule has 350 valence electrons. The highest BCUT2D eigenvalue weighted by Crippen LogP contribution is 2.38. The van der Waals surface area contributed by atoms with Crippen molar-refractivity contribution >= 4 is 69.6 Å². The van der Waals surface area contributed by atoms with Crippen LogP contribution in [0.25, 0.3) is 0 Å². The molecule has 7 rings (SSSR count). The number of benzene rings is 4. The summed E-state index contributed by atoms with van der Waals surface area (Å²) in [5.41, 5.74) is 2.96. The number of amides is 2. The van der Waals surface area contributed by atoms with Crippen LogP contribution in [0.1, 0.15) is 80.8 Å². The van der Waals surface area contributed by atoms with Crippen molar-refractivity contribution in [3.8, 4) is 23.0 Å². The first-order valence-electron chi connectivity index (χ1n) is 22.5.